The molecule has 3 rings (SSSR count). The molecule has 0 radical (unpaired) electrons. The summed E-state index contributed by atoms with van der Waals surface area (Å²) in [5.41, 5.74) is -0.0189. The second-order valence-electron chi connectivity index (χ2n) is 5.42. The van der Waals surface area contributed by atoms with Crippen molar-refractivity contribution >= 4 is 0 Å². The summed E-state index contributed by atoms with van der Waals surface area (Å²) in [5, 5.41) is 3.57. The van der Waals surface area contributed by atoms with Crippen molar-refractivity contribution in [3.05, 3.63) is 23.7 Å². The van der Waals surface area contributed by atoms with E-state index in [9.17, 15) is 0 Å². The van der Waals surface area contributed by atoms with Crippen molar-refractivity contribution in [1.29, 1.82) is 0 Å². The summed E-state index contributed by atoms with van der Waals surface area (Å²) in [6.07, 6.45) is 3.15. The Bertz CT molecular complexity index is 395. The van der Waals surface area contributed by atoms with Gasteiger partial charge in [-0.05, 0) is 31.9 Å². The molecule has 0 aromatic carbocycles. The third kappa shape index (κ3) is 2.60. The number of furan rings is 1. The molecule has 1 N–H and O–H groups in total. The Morgan fingerprint density at radius 3 is 3.06 bits per heavy atom. The van der Waals surface area contributed by atoms with Crippen LogP contribution in [0.15, 0.2) is 16.5 Å². The largest absolute Gasteiger partial charge is 0.465 e. The zero-order valence-electron chi connectivity index (χ0n) is 10.9. The SMILES string of the molecule is Cc1ccc(CNC2CCOC3(CCOC3)C2)o1. The fourth-order valence-corrected chi connectivity index (χ4v) is 2.89. The molecule has 100 valence electrons. The maximum Gasteiger partial charge on any atom is 0.117 e. The lowest BCUT2D eigenvalue weighted by molar-refractivity contribution is -0.0896. The molecule has 1 aromatic rings. The second kappa shape index (κ2) is 5.03. The van der Waals surface area contributed by atoms with E-state index >= 15 is 0 Å². The first-order valence-electron chi connectivity index (χ1n) is 6.76. The molecular weight excluding hydrogens is 230 g/mol. The van der Waals surface area contributed by atoms with Crippen LogP contribution in [0, 0.1) is 6.92 Å². The summed E-state index contributed by atoms with van der Waals surface area (Å²) >= 11 is 0. The Morgan fingerprint density at radius 2 is 2.33 bits per heavy atom. The summed E-state index contributed by atoms with van der Waals surface area (Å²) in [5.74, 6) is 1.98. The van der Waals surface area contributed by atoms with Crippen molar-refractivity contribution in [1.82, 2.24) is 5.32 Å². The average Bonchev–Trinajstić information content (AvgIpc) is 2.97. The van der Waals surface area contributed by atoms with Crippen LogP contribution >= 0.6 is 0 Å². The van der Waals surface area contributed by atoms with Crippen molar-refractivity contribution in [2.75, 3.05) is 19.8 Å². The minimum absolute atomic E-state index is 0.0189. The number of hydrogen-bond acceptors (Lipinski definition) is 4. The number of aryl methyl sites for hydroxylation is 1. The standard InChI is InChI=1S/C14H21NO3/c1-11-2-3-13(18-11)9-15-12-4-6-17-14(8-12)5-7-16-10-14/h2-3,12,15H,4-10H2,1H3. The Kier molecular flexibility index (Phi) is 3.41. The van der Waals surface area contributed by atoms with Crippen LogP contribution in [-0.2, 0) is 16.0 Å². The first kappa shape index (κ1) is 12.2. The number of rotatable bonds is 3. The highest BCUT2D eigenvalue weighted by molar-refractivity contribution is 5.05. The highest BCUT2D eigenvalue weighted by atomic mass is 16.6. The molecule has 2 aliphatic rings. The minimum atomic E-state index is -0.0189. The van der Waals surface area contributed by atoms with Gasteiger partial charge in [-0.1, -0.05) is 0 Å². The van der Waals surface area contributed by atoms with Gasteiger partial charge in [0.05, 0.1) is 18.8 Å². The predicted octanol–water partition coefficient (Wildman–Crippen LogP) is 2.02. The Balaban J connectivity index is 1.53. The highest BCUT2D eigenvalue weighted by Crippen LogP contribution is 2.32. The summed E-state index contributed by atoms with van der Waals surface area (Å²) in [6, 6.07) is 4.55. The monoisotopic (exact) mass is 251 g/mol. The number of ether oxygens (including phenoxy) is 2. The van der Waals surface area contributed by atoms with Crippen LogP contribution < -0.4 is 5.32 Å². The molecule has 2 fully saturated rings. The fourth-order valence-electron chi connectivity index (χ4n) is 2.89. The van der Waals surface area contributed by atoms with Gasteiger partial charge in [-0.15, -0.1) is 0 Å². The van der Waals surface area contributed by atoms with Crippen LogP contribution in [0.2, 0.25) is 0 Å². The molecule has 2 unspecified atom stereocenters. The molecule has 18 heavy (non-hydrogen) atoms. The molecule has 2 aliphatic heterocycles. The van der Waals surface area contributed by atoms with E-state index in [1.165, 1.54) is 0 Å². The number of hydrogen-bond donors (Lipinski definition) is 1. The van der Waals surface area contributed by atoms with Gasteiger partial charge in [0.15, 0.2) is 0 Å². The van der Waals surface area contributed by atoms with Gasteiger partial charge in [-0.25, -0.2) is 0 Å². The van der Waals surface area contributed by atoms with Crippen LogP contribution in [-0.4, -0.2) is 31.5 Å². The quantitative estimate of drug-likeness (QED) is 0.892. The topological polar surface area (TPSA) is 43.6 Å². The maximum absolute atomic E-state index is 5.92. The van der Waals surface area contributed by atoms with Crippen molar-refractivity contribution in [3.63, 3.8) is 0 Å². The normalized spacial score (nSPS) is 32.2. The summed E-state index contributed by atoms with van der Waals surface area (Å²) in [4.78, 5) is 0. The summed E-state index contributed by atoms with van der Waals surface area (Å²) in [7, 11) is 0. The van der Waals surface area contributed by atoms with Crippen molar-refractivity contribution in [3.8, 4) is 0 Å². The molecule has 3 heterocycles. The van der Waals surface area contributed by atoms with Gasteiger partial charge in [0.25, 0.3) is 0 Å². The second-order valence-corrected chi connectivity index (χ2v) is 5.42. The van der Waals surface area contributed by atoms with E-state index in [1.54, 1.807) is 0 Å². The molecule has 2 saturated heterocycles. The van der Waals surface area contributed by atoms with Crippen molar-refractivity contribution in [2.24, 2.45) is 0 Å². The lowest BCUT2D eigenvalue weighted by Gasteiger charge is -2.37. The van der Waals surface area contributed by atoms with E-state index in [0.717, 1.165) is 57.1 Å². The van der Waals surface area contributed by atoms with Crippen LogP contribution in [0.1, 0.15) is 30.8 Å². The van der Waals surface area contributed by atoms with E-state index < -0.39 is 0 Å². The molecule has 0 bridgehead atoms. The molecule has 1 spiro atoms. The van der Waals surface area contributed by atoms with Crippen LogP contribution in [0.3, 0.4) is 0 Å². The fraction of sp³-hybridized carbons (Fsp3) is 0.714. The first-order valence-corrected chi connectivity index (χ1v) is 6.76. The zero-order valence-corrected chi connectivity index (χ0v) is 10.9. The first-order chi connectivity index (χ1) is 8.76. The Morgan fingerprint density at radius 1 is 1.39 bits per heavy atom. The molecule has 0 aliphatic carbocycles. The zero-order chi connectivity index (χ0) is 12.4. The van der Waals surface area contributed by atoms with Crippen LogP contribution in [0.25, 0.3) is 0 Å². The van der Waals surface area contributed by atoms with Gasteiger partial charge in [0, 0.05) is 25.7 Å². The van der Waals surface area contributed by atoms with Gasteiger partial charge >= 0.3 is 0 Å². The molecule has 0 saturated carbocycles. The van der Waals surface area contributed by atoms with E-state index in [1.807, 2.05) is 19.1 Å². The lowest BCUT2D eigenvalue weighted by atomic mass is 9.90. The van der Waals surface area contributed by atoms with Gasteiger partial charge < -0.3 is 19.2 Å². The third-order valence-corrected chi connectivity index (χ3v) is 3.92. The molecule has 2 atom stereocenters. The van der Waals surface area contributed by atoms with Gasteiger partial charge in [-0.2, -0.15) is 0 Å². The number of nitrogens with one attached hydrogen (secondary N) is 1. The van der Waals surface area contributed by atoms with Gasteiger partial charge in [0.2, 0.25) is 0 Å². The lowest BCUT2D eigenvalue weighted by Crippen LogP contribution is -2.47. The van der Waals surface area contributed by atoms with E-state index in [2.05, 4.69) is 5.32 Å². The highest BCUT2D eigenvalue weighted by Gasteiger charge is 2.40. The van der Waals surface area contributed by atoms with Crippen LogP contribution in [0.4, 0.5) is 0 Å². The third-order valence-electron chi connectivity index (χ3n) is 3.92. The van der Waals surface area contributed by atoms with Crippen LogP contribution in [0.5, 0.6) is 0 Å². The van der Waals surface area contributed by atoms with E-state index in [4.69, 9.17) is 13.9 Å². The van der Waals surface area contributed by atoms with Gasteiger partial charge in [-0.3, -0.25) is 0 Å². The maximum atomic E-state index is 5.92. The molecule has 4 heteroatoms. The smallest absolute Gasteiger partial charge is 0.117 e. The van der Waals surface area contributed by atoms with E-state index in [-0.39, 0.29) is 5.60 Å². The van der Waals surface area contributed by atoms with Gasteiger partial charge in [0.1, 0.15) is 11.5 Å². The summed E-state index contributed by atoms with van der Waals surface area (Å²) in [6.45, 7) is 5.20. The molecule has 4 nitrogen and oxygen atoms in total. The summed E-state index contributed by atoms with van der Waals surface area (Å²) < 4.78 is 17.0. The Labute approximate surface area is 108 Å². The Hall–Kier alpha value is -0.840. The van der Waals surface area contributed by atoms with Crippen molar-refractivity contribution < 1.29 is 13.9 Å². The predicted molar refractivity (Wildman–Crippen MR) is 67.4 cm³/mol. The average molecular weight is 251 g/mol. The molecule has 0 amide bonds. The molecule has 1 aromatic heterocycles. The minimum Gasteiger partial charge on any atom is -0.465 e. The van der Waals surface area contributed by atoms with E-state index in [0.29, 0.717) is 6.04 Å². The van der Waals surface area contributed by atoms with Crippen molar-refractivity contribution in [2.45, 2.75) is 44.4 Å². The molecular formula is C14H21NO3.